The van der Waals surface area contributed by atoms with Crippen LogP contribution in [0.25, 0.3) is 0 Å². The minimum Gasteiger partial charge on any atom is -0.497 e. The van der Waals surface area contributed by atoms with E-state index in [9.17, 15) is 9.59 Å². The van der Waals surface area contributed by atoms with Crippen molar-refractivity contribution in [3.8, 4) is 5.75 Å². The molecule has 5 heteroatoms. The Morgan fingerprint density at radius 1 is 1.04 bits per heavy atom. The minimum atomic E-state index is -0.458. The van der Waals surface area contributed by atoms with Crippen LogP contribution in [0, 0.1) is 13.8 Å². The molecule has 126 valence electrons. The van der Waals surface area contributed by atoms with Crippen molar-refractivity contribution in [2.75, 3.05) is 19.0 Å². The zero-order valence-corrected chi connectivity index (χ0v) is 14.1. The molecule has 0 aliphatic heterocycles. The molecule has 1 amide bonds. The van der Waals surface area contributed by atoms with Gasteiger partial charge >= 0.3 is 5.97 Å². The second kappa shape index (κ2) is 8.15. The Hall–Kier alpha value is -2.82. The van der Waals surface area contributed by atoms with E-state index in [2.05, 4.69) is 5.32 Å². The van der Waals surface area contributed by atoms with E-state index in [1.54, 1.807) is 31.4 Å². The molecular weight excluding hydrogens is 306 g/mol. The first-order valence-electron chi connectivity index (χ1n) is 7.64. The summed E-state index contributed by atoms with van der Waals surface area (Å²) in [7, 11) is 1.56. The average molecular weight is 327 g/mol. The maximum Gasteiger partial charge on any atom is 0.310 e. The van der Waals surface area contributed by atoms with Crippen LogP contribution in [0.3, 0.4) is 0 Å². The van der Waals surface area contributed by atoms with Gasteiger partial charge in [0.05, 0.1) is 13.5 Å². The van der Waals surface area contributed by atoms with E-state index in [1.807, 2.05) is 32.0 Å². The third-order valence-electron chi connectivity index (χ3n) is 3.59. The molecule has 24 heavy (non-hydrogen) atoms. The first-order chi connectivity index (χ1) is 11.5. The molecule has 0 fully saturated rings. The lowest BCUT2D eigenvalue weighted by atomic mass is 10.1. The fourth-order valence-electron chi connectivity index (χ4n) is 2.33. The van der Waals surface area contributed by atoms with Crippen LogP contribution in [-0.2, 0) is 20.7 Å². The van der Waals surface area contributed by atoms with Crippen LogP contribution in [0.4, 0.5) is 5.69 Å². The van der Waals surface area contributed by atoms with Gasteiger partial charge in [0, 0.05) is 5.69 Å². The Kier molecular flexibility index (Phi) is 5.95. The molecule has 2 aromatic carbocycles. The number of hydrogen-bond acceptors (Lipinski definition) is 4. The molecule has 0 radical (unpaired) electrons. The van der Waals surface area contributed by atoms with Crippen molar-refractivity contribution >= 4 is 17.6 Å². The number of ether oxygens (including phenoxy) is 2. The van der Waals surface area contributed by atoms with Crippen LogP contribution in [0.2, 0.25) is 0 Å². The second-order valence-corrected chi connectivity index (χ2v) is 5.50. The zero-order valence-electron chi connectivity index (χ0n) is 14.1. The van der Waals surface area contributed by atoms with Gasteiger partial charge in [-0.1, -0.05) is 30.3 Å². The fourth-order valence-corrected chi connectivity index (χ4v) is 2.33. The van der Waals surface area contributed by atoms with Gasteiger partial charge in [0.15, 0.2) is 6.61 Å². The van der Waals surface area contributed by atoms with Crippen LogP contribution in [0.15, 0.2) is 42.5 Å². The molecule has 0 heterocycles. The van der Waals surface area contributed by atoms with Crippen molar-refractivity contribution < 1.29 is 19.1 Å². The smallest absolute Gasteiger partial charge is 0.310 e. The molecule has 0 atom stereocenters. The maximum absolute atomic E-state index is 12.0. The summed E-state index contributed by atoms with van der Waals surface area (Å²) >= 11 is 0. The van der Waals surface area contributed by atoms with Gasteiger partial charge in [-0.15, -0.1) is 0 Å². The van der Waals surface area contributed by atoms with E-state index in [-0.39, 0.29) is 18.9 Å². The van der Waals surface area contributed by atoms with Crippen LogP contribution in [0.1, 0.15) is 16.7 Å². The quantitative estimate of drug-likeness (QED) is 0.828. The maximum atomic E-state index is 12.0. The van der Waals surface area contributed by atoms with Crippen molar-refractivity contribution in [1.29, 1.82) is 0 Å². The molecule has 5 nitrogen and oxygen atoms in total. The first-order valence-corrected chi connectivity index (χ1v) is 7.64. The third-order valence-corrected chi connectivity index (χ3v) is 3.59. The predicted octanol–water partition coefficient (Wildman–Crippen LogP) is 3.04. The third kappa shape index (κ3) is 4.84. The largest absolute Gasteiger partial charge is 0.497 e. The number of nitrogens with one attached hydrogen (secondary N) is 1. The summed E-state index contributed by atoms with van der Waals surface area (Å²) in [6, 6.07) is 12.9. The van der Waals surface area contributed by atoms with E-state index < -0.39 is 5.97 Å². The van der Waals surface area contributed by atoms with Crippen molar-refractivity contribution in [3.63, 3.8) is 0 Å². The van der Waals surface area contributed by atoms with Crippen LogP contribution >= 0.6 is 0 Å². The van der Waals surface area contributed by atoms with Gasteiger partial charge in [-0.3, -0.25) is 9.59 Å². The number of hydrogen-bond donors (Lipinski definition) is 1. The van der Waals surface area contributed by atoms with Gasteiger partial charge < -0.3 is 14.8 Å². The number of methoxy groups -OCH3 is 1. The summed E-state index contributed by atoms with van der Waals surface area (Å²) in [6.07, 6.45) is 0.0911. The SMILES string of the molecule is COc1cccc(CC(=O)OCC(=O)Nc2c(C)cccc2C)c1. The Morgan fingerprint density at radius 3 is 2.38 bits per heavy atom. The lowest BCUT2D eigenvalue weighted by molar-refractivity contribution is -0.146. The number of benzene rings is 2. The minimum absolute atomic E-state index is 0.0911. The van der Waals surface area contributed by atoms with E-state index in [0.29, 0.717) is 5.75 Å². The molecule has 0 unspecified atom stereocenters. The van der Waals surface area contributed by atoms with E-state index >= 15 is 0 Å². The lowest BCUT2D eigenvalue weighted by Crippen LogP contribution is -2.22. The van der Waals surface area contributed by atoms with Crippen molar-refractivity contribution in [2.45, 2.75) is 20.3 Å². The fraction of sp³-hybridized carbons (Fsp3) is 0.263. The molecule has 2 aromatic rings. The highest BCUT2D eigenvalue weighted by Gasteiger charge is 2.11. The first kappa shape index (κ1) is 17.5. The summed E-state index contributed by atoms with van der Waals surface area (Å²) in [6.45, 7) is 3.52. The van der Waals surface area contributed by atoms with Crippen LogP contribution < -0.4 is 10.1 Å². The molecule has 0 aromatic heterocycles. The number of aryl methyl sites for hydroxylation is 2. The molecule has 1 N–H and O–H groups in total. The van der Waals surface area contributed by atoms with Crippen molar-refractivity contribution in [2.24, 2.45) is 0 Å². The molecule has 0 aliphatic carbocycles. The Morgan fingerprint density at radius 2 is 1.71 bits per heavy atom. The molecule has 2 rings (SSSR count). The molecule has 0 saturated carbocycles. The Balaban J connectivity index is 1.86. The highest BCUT2D eigenvalue weighted by molar-refractivity contribution is 5.94. The molecular formula is C19H21NO4. The number of amides is 1. The predicted molar refractivity (Wildman–Crippen MR) is 92.2 cm³/mol. The zero-order chi connectivity index (χ0) is 17.5. The monoisotopic (exact) mass is 327 g/mol. The normalized spacial score (nSPS) is 10.1. The highest BCUT2D eigenvalue weighted by Crippen LogP contribution is 2.19. The van der Waals surface area contributed by atoms with Crippen molar-refractivity contribution in [1.82, 2.24) is 0 Å². The Bertz CT molecular complexity index is 720. The summed E-state index contributed by atoms with van der Waals surface area (Å²) in [5, 5.41) is 2.78. The van der Waals surface area contributed by atoms with Gasteiger partial charge in [0.25, 0.3) is 5.91 Å². The van der Waals surface area contributed by atoms with Gasteiger partial charge in [-0.25, -0.2) is 0 Å². The van der Waals surface area contributed by atoms with E-state index in [1.165, 1.54) is 0 Å². The summed E-state index contributed by atoms with van der Waals surface area (Å²) in [4.78, 5) is 23.8. The topological polar surface area (TPSA) is 64.6 Å². The number of anilines is 1. The number of rotatable bonds is 6. The van der Waals surface area contributed by atoms with Crippen LogP contribution in [-0.4, -0.2) is 25.6 Å². The summed E-state index contributed by atoms with van der Waals surface area (Å²) in [5.74, 6) is -0.139. The van der Waals surface area contributed by atoms with Crippen LogP contribution in [0.5, 0.6) is 5.75 Å². The average Bonchev–Trinajstić information content (AvgIpc) is 2.56. The highest BCUT2D eigenvalue weighted by atomic mass is 16.5. The number of carbonyl (C=O) groups is 2. The Labute approximate surface area is 141 Å². The molecule has 0 bridgehead atoms. The van der Waals surface area contributed by atoms with Gasteiger partial charge in [-0.05, 0) is 42.7 Å². The second-order valence-electron chi connectivity index (χ2n) is 5.50. The molecule has 0 aliphatic rings. The van der Waals surface area contributed by atoms with E-state index in [4.69, 9.17) is 9.47 Å². The lowest BCUT2D eigenvalue weighted by Gasteiger charge is -2.11. The number of esters is 1. The standard InChI is InChI=1S/C19H21NO4/c1-13-6-4-7-14(2)19(13)20-17(21)12-24-18(22)11-15-8-5-9-16(10-15)23-3/h4-10H,11-12H2,1-3H3,(H,20,21). The van der Waals surface area contributed by atoms with Gasteiger partial charge in [-0.2, -0.15) is 0 Å². The van der Waals surface area contributed by atoms with Gasteiger partial charge in [0.1, 0.15) is 5.75 Å². The molecule has 0 spiro atoms. The van der Waals surface area contributed by atoms with E-state index in [0.717, 1.165) is 22.4 Å². The number of para-hydroxylation sites is 1. The molecule has 0 saturated heterocycles. The van der Waals surface area contributed by atoms with Gasteiger partial charge in [0.2, 0.25) is 0 Å². The van der Waals surface area contributed by atoms with Crippen molar-refractivity contribution in [3.05, 3.63) is 59.2 Å². The summed E-state index contributed by atoms with van der Waals surface area (Å²) < 4.78 is 10.1. The number of carbonyl (C=O) groups excluding carboxylic acids is 2. The summed E-state index contributed by atoms with van der Waals surface area (Å²) in [5.41, 5.74) is 3.46.